The molecule has 0 aromatic heterocycles. The summed E-state index contributed by atoms with van der Waals surface area (Å²) in [6, 6.07) is 10.2. The summed E-state index contributed by atoms with van der Waals surface area (Å²) in [5.74, 6) is 0. The van der Waals surface area contributed by atoms with Crippen molar-refractivity contribution >= 4 is 47.7 Å². The van der Waals surface area contributed by atoms with Crippen molar-refractivity contribution in [3.63, 3.8) is 0 Å². The monoisotopic (exact) mass is 500 g/mol. The Kier molecular flexibility index (Phi) is 12.6. The smallest absolute Gasteiger partial charge is 0.408 e. The van der Waals surface area contributed by atoms with Gasteiger partial charge in [0.2, 0.25) is 0 Å². The molecule has 0 bridgehead atoms. The lowest BCUT2D eigenvalue weighted by Crippen LogP contribution is -2.61. The predicted octanol–water partition coefficient (Wildman–Crippen LogP) is 7.88. The van der Waals surface area contributed by atoms with Gasteiger partial charge in [-0.2, -0.15) is 0 Å². The van der Waals surface area contributed by atoms with E-state index in [0.29, 0.717) is 0 Å². The average Bonchev–Trinajstić information content (AvgIpc) is 2.69. The van der Waals surface area contributed by atoms with Crippen LogP contribution in [0.4, 0.5) is 0 Å². The minimum atomic E-state index is -2.85. The van der Waals surface area contributed by atoms with Crippen LogP contribution in [-0.4, -0.2) is 32.4 Å². The molecular formula is C18H45BrO3Si4. The molecule has 0 amide bonds. The highest BCUT2D eigenvalue weighted by atomic mass is 79.9. The van der Waals surface area contributed by atoms with Crippen LogP contribution in [0, 0.1) is 0 Å². The van der Waals surface area contributed by atoms with Crippen LogP contribution < -0.4 is 0 Å². The van der Waals surface area contributed by atoms with E-state index in [9.17, 15) is 0 Å². The molecule has 0 fully saturated rings. The molecule has 0 atom stereocenters. The van der Waals surface area contributed by atoms with Gasteiger partial charge in [0.1, 0.15) is 0 Å². The minimum Gasteiger partial charge on any atom is -0.408 e. The lowest BCUT2D eigenvalue weighted by molar-refractivity contribution is 0.275. The summed E-state index contributed by atoms with van der Waals surface area (Å²) >= 11 is 4.04. The maximum absolute atomic E-state index is 7.01. The average molecular weight is 502 g/mol. The molecule has 0 rings (SSSR count). The van der Waals surface area contributed by atoms with Gasteiger partial charge >= 0.3 is 7.42 Å². The standard InChI is InChI=1S/C18H45BrO3Si4/c1-10-23(11-2,12-3)20-26(19,21-24(13-4,14-5)15-6)22-25(16-7,17-8)18-9/h10-18H2,1-9H3. The Balaban J connectivity index is 5.99. The summed E-state index contributed by atoms with van der Waals surface area (Å²) in [5.41, 5.74) is 0. The van der Waals surface area contributed by atoms with Crippen LogP contribution in [0.3, 0.4) is 0 Å². The van der Waals surface area contributed by atoms with Gasteiger partial charge in [-0.05, 0) is 69.7 Å². The molecule has 0 radical (unpaired) electrons. The maximum atomic E-state index is 7.01. The van der Waals surface area contributed by atoms with Gasteiger partial charge in [-0.1, -0.05) is 62.3 Å². The molecule has 158 valence electrons. The SMILES string of the molecule is CC[Si](CC)(CC)O[Si](Br)(O[Si](CC)(CC)CC)O[Si](CC)(CC)CC. The molecule has 0 saturated heterocycles. The fourth-order valence-corrected chi connectivity index (χ4v) is 30.5. The second-order valence-corrected chi connectivity index (χ2v) is 27.3. The number of halogens is 1. The summed E-state index contributed by atoms with van der Waals surface area (Å²) in [6.07, 6.45) is 0. The van der Waals surface area contributed by atoms with Gasteiger partial charge in [0.05, 0.1) is 0 Å². The van der Waals surface area contributed by atoms with Gasteiger partial charge in [0, 0.05) is 0 Å². The van der Waals surface area contributed by atoms with Crippen molar-refractivity contribution in [2.75, 3.05) is 0 Å². The Hall–Kier alpha value is 1.23. The lowest BCUT2D eigenvalue weighted by Gasteiger charge is -2.45. The quantitative estimate of drug-likeness (QED) is 0.169. The minimum absolute atomic E-state index is 1.13. The van der Waals surface area contributed by atoms with E-state index in [1.807, 2.05) is 0 Å². The van der Waals surface area contributed by atoms with Gasteiger partial charge in [-0.15, -0.1) is 0 Å². The highest BCUT2D eigenvalue weighted by Gasteiger charge is 2.54. The van der Waals surface area contributed by atoms with E-state index in [-0.39, 0.29) is 0 Å². The molecule has 0 unspecified atom stereocenters. The Labute approximate surface area is 176 Å². The first-order chi connectivity index (χ1) is 12.2. The van der Waals surface area contributed by atoms with Crippen LogP contribution >= 0.6 is 15.3 Å². The Morgan fingerprint density at radius 3 is 0.692 bits per heavy atom. The predicted molar refractivity (Wildman–Crippen MR) is 130 cm³/mol. The highest BCUT2D eigenvalue weighted by molar-refractivity contribution is 9.25. The molecule has 0 aromatic carbocycles. The van der Waals surface area contributed by atoms with Gasteiger partial charge < -0.3 is 12.3 Å². The van der Waals surface area contributed by atoms with E-state index in [4.69, 9.17) is 12.3 Å². The number of hydrogen-bond acceptors (Lipinski definition) is 3. The number of hydrogen-bond donors (Lipinski definition) is 0. The molecular weight excluding hydrogens is 456 g/mol. The van der Waals surface area contributed by atoms with E-state index in [0.717, 1.165) is 54.4 Å². The molecule has 0 aliphatic carbocycles. The molecule has 0 saturated carbocycles. The summed E-state index contributed by atoms with van der Waals surface area (Å²) < 4.78 is 21.0. The summed E-state index contributed by atoms with van der Waals surface area (Å²) in [5, 5.41) is 0. The zero-order valence-corrected chi connectivity index (χ0v) is 24.6. The van der Waals surface area contributed by atoms with Crippen LogP contribution in [0.1, 0.15) is 62.3 Å². The van der Waals surface area contributed by atoms with Gasteiger partial charge in [0.15, 0.2) is 25.0 Å². The van der Waals surface area contributed by atoms with Gasteiger partial charge in [-0.3, -0.25) is 0 Å². The van der Waals surface area contributed by atoms with E-state index in [1.165, 1.54) is 0 Å². The van der Waals surface area contributed by atoms with Crippen LogP contribution in [0.15, 0.2) is 0 Å². The zero-order chi connectivity index (χ0) is 20.5. The molecule has 3 nitrogen and oxygen atoms in total. The third-order valence-electron chi connectivity index (χ3n) is 6.81. The Bertz CT molecular complexity index is 307. The first-order valence-corrected chi connectivity index (χ1v) is 22.5. The second kappa shape index (κ2) is 12.0. The molecule has 0 N–H and O–H groups in total. The van der Waals surface area contributed by atoms with Gasteiger partial charge in [0.25, 0.3) is 0 Å². The van der Waals surface area contributed by atoms with Crippen molar-refractivity contribution < 1.29 is 12.3 Å². The largest absolute Gasteiger partial charge is 0.549 e. The maximum Gasteiger partial charge on any atom is 0.549 e. The summed E-state index contributed by atoms with van der Waals surface area (Å²) in [4.78, 5) is 0. The first-order valence-electron chi connectivity index (χ1n) is 11.0. The topological polar surface area (TPSA) is 27.7 Å². The van der Waals surface area contributed by atoms with Crippen LogP contribution in [-0.2, 0) is 12.3 Å². The fraction of sp³-hybridized carbons (Fsp3) is 1.00. The summed E-state index contributed by atoms with van der Waals surface area (Å²) in [7, 11) is -8.31. The molecule has 0 aliphatic heterocycles. The molecule has 8 heteroatoms. The summed E-state index contributed by atoms with van der Waals surface area (Å²) in [6.45, 7) is 20.6. The van der Waals surface area contributed by atoms with E-state index in [2.05, 4.69) is 77.6 Å². The molecule has 26 heavy (non-hydrogen) atoms. The second-order valence-electron chi connectivity index (χ2n) is 7.52. The van der Waals surface area contributed by atoms with Crippen molar-refractivity contribution in [3.8, 4) is 0 Å². The van der Waals surface area contributed by atoms with E-state index >= 15 is 0 Å². The highest BCUT2D eigenvalue weighted by Crippen LogP contribution is 2.39. The fourth-order valence-electron chi connectivity index (χ4n) is 3.74. The normalized spacial score (nSPS) is 14.1. The van der Waals surface area contributed by atoms with Crippen LogP contribution in [0.25, 0.3) is 0 Å². The van der Waals surface area contributed by atoms with Crippen molar-refractivity contribution in [3.05, 3.63) is 0 Å². The molecule has 0 spiro atoms. The van der Waals surface area contributed by atoms with Crippen molar-refractivity contribution in [1.29, 1.82) is 0 Å². The van der Waals surface area contributed by atoms with Crippen LogP contribution in [0.2, 0.25) is 54.4 Å². The van der Waals surface area contributed by atoms with Crippen molar-refractivity contribution in [2.24, 2.45) is 0 Å². The zero-order valence-electron chi connectivity index (χ0n) is 19.0. The third kappa shape index (κ3) is 6.93. The first kappa shape index (κ1) is 27.2. The van der Waals surface area contributed by atoms with E-state index in [1.54, 1.807) is 0 Å². The molecule has 0 aromatic rings. The Morgan fingerprint density at radius 1 is 0.423 bits per heavy atom. The Morgan fingerprint density at radius 2 is 0.577 bits per heavy atom. The third-order valence-corrected chi connectivity index (χ3v) is 30.9. The number of rotatable bonds is 15. The van der Waals surface area contributed by atoms with Gasteiger partial charge in [-0.25, -0.2) is 0 Å². The van der Waals surface area contributed by atoms with Crippen molar-refractivity contribution in [2.45, 2.75) is 117 Å². The van der Waals surface area contributed by atoms with E-state index < -0.39 is 32.4 Å². The van der Waals surface area contributed by atoms with Crippen molar-refractivity contribution in [1.82, 2.24) is 0 Å². The molecule has 0 aliphatic rings. The van der Waals surface area contributed by atoms with Crippen LogP contribution in [0.5, 0.6) is 0 Å². The lowest BCUT2D eigenvalue weighted by atomic mass is 10.9. The molecule has 0 heterocycles.